The van der Waals surface area contributed by atoms with E-state index in [4.69, 9.17) is 5.73 Å². The normalized spacial score (nSPS) is 15.6. The average molecular weight is 265 g/mol. The summed E-state index contributed by atoms with van der Waals surface area (Å²) in [7, 11) is -1.48. The molecule has 0 aliphatic carbocycles. The van der Waals surface area contributed by atoms with Crippen molar-refractivity contribution in [2.75, 3.05) is 5.75 Å². The van der Waals surface area contributed by atoms with Crippen molar-refractivity contribution in [1.29, 1.82) is 0 Å². The van der Waals surface area contributed by atoms with E-state index in [2.05, 4.69) is 0 Å². The highest BCUT2D eigenvalue weighted by molar-refractivity contribution is 7.85. The van der Waals surface area contributed by atoms with Gasteiger partial charge in [-0.25, -0.2) is 0 Å². The highest BCUT2D eigenvalue weighted by Crippen LogP contribution is 2.30. The third-order valence-corrected chi connectivity index (χ3v) is 3.82. The average Bonchev–Trinajstić information content (AvgIpc) is 2.28. The molecule has 1 rings (SSSR count). The SMILES string of the molecule is CCC(N)CS(=O)c1cccc(C(F)(F)F)c1. The standard InChI is InChI=1S/C11H14F3NOS/c1-2-9(15)7-17(16)10-5-3-4-8(6-10)11(12,13)14/h3-6,9H,2,7,15H2,1H3. The Kier molecular flexibility index (Phi) is 4.70. The fourth-order valence-corrected chi connectivity index (χ4v) is 2.53. The summed E-state index contributed by atoms with van der Waals surface area (Å²) in [5.41, 5.74) is 4.84. The molecular formula is C11H14F3NOS. The molecule has 6 heteroatoms. The predicted octanol–water partition coefficient (Wildman–Crippen LogP) is 2.55. The van der Waals surface area contributed by atoms with Crippen LogP contribution in [0.3, 0.4) is 0 Å². The van der Waals surface area contributed by atoms with Gasteiger partial charge in [0.15, 0.2) is 0 Å². The molecule has 2 nitrogen and oxygen atoms in total. The van der Waals surface area contributed by atoms with E-state index in [1.165, 1.54) is 12.1 Å². The van der Waals surface area contributed by atoms with Gasteiger partial charge in [-0.15, -0.1) is 0 Å². The van der Waals surface area contributed by atoms with Gasteiger partial charge in [0, 0.05) is 16.7 Å². The van der Waals surface area contributed by atoms with Gasteiger partial charge in [0.1, 0.15) is 0 Å². The molecule has 2 N–H and O–H groups in total. The molecule has 0 saturated heterocycles. The van der Waals surface area contributed by atoms with E-state index in [-0.39, 0.29) is 16.7 Å². The maximum absolute atomic E-state index is 12.4. The van der Waals surface area contributed by atoms with Crippen LogP contribution < -0.4 is 5.73 Å². The molecule has 0 saturated carbocycles. The number of alkyl halides is 3. The highest BCUT2D eigenvalue weighted by Gasteiger charge is 2.30. The van der Waals surface area contributed by atoms with Gasteiger partial charge in [-0.2, -0.15) is 13.2 Å². The summed E-state index contributed by atoms with van der Waals surface area (Å²) in [5.74, 6) is 0.178. The number of nitrogens with two attached hydrogens (primary N) is 1. The summed E-state index contributed by atoms with van der Waals surface area (Å²) in [6, 6.07) is 4.30. The van der Waals surface area contributed by atoms with E-state index in [9.17, 15) is 17.4 Å². The maximum Gasteiger partial charge on any atom is 0.416 e. The monoisotopic (exact) mass is 265 g/mol. The summed E-state index contributed by atoms with van der Waals surface area (Å²) in [5, 5.41) is 0. The Hall–Kier alpha value is -0.880. The summed E-state index contributed by atoms with van der Waals surface area (Å²) >= 11 is 0. The first-order chi connectivity index (χ1) is 7.84. The molecule has 0 fully saturated rings. The van der Waals surface area contributed by atoms with Crippen LogP contribution >= 0.6 is 0 Å². The van der Waals surface area contributed by atoms with Gasteiger partial charge in [-0.05, 0) is 24.6 Å². The van der Waals surface area contributed by atoms with Crippen molar-refractivity contribution in [3.63, 3.8) is 0 Å². The Morgan fingerprint density at radius 1 is 1.41 bits per heavy atom. The highest BCUT2D eigenvalue weighted by atomic mass is 32.2. The van der Waals surface area contributed by atoms with Crippen molar-refractivity contribution < 1.29 is 17.4 Å². The third-order valence-electron chi connectivity index (χ3n) is 2.31. The third kappa shape index (κ3) is 4.12. The Balaban J connectivity index is 2.89. The Morgan fingerprint density at radius 3 is 2.59 bits per heavy atom. The van der Waals surface area contributed by atoms with Gasteiger partial charge >= 0.3 is 6.18 Å². The fourth-order valence-electron chi connectivity index (χ4n) is 1.22. The van der Waals surface area contributed by atoms with E-state index in [1.54, 1.807) is 0 Å². The van der Waals surface area contributed by atoms with Crippen molar-refractivity contribution in [2.24, 2.45) is 5.73 Å². The lowest BCUT2D eigenvalue weighted by atomic mass is 10.2. The van der Waals surface area contributed by atoms with Gasteiger partial charge in [-0.3, -0.25) is 4.21 Å². The minimum Gasteiger partial charge on any atom is -0.327 e. The molecule has 0 aliphatic heterocycles. The molecule has 0 bridgehead atoms. The number of hydrogen-bond donors (Lipinski definition) is 1. The second-order valence-corrected chi connectivity index (χ2v) is 5.20. The van der Waals surface area contributed by atoms with Crippen molar-refractivity contribution in [2.45, 2.75) is 30.5 Å². The molecule has 96 valence electrons. The summed E-state index contributed by atoms with van der Waals surface area (Å²) in [4.78, 5) is 0.170. The molecule has 0 radical (unpaired) electrons. The molecule has 2 atom stereocenters. The van der Waals surface area contributed by atoms with E-state index in [0.29, 0.717) is 6.42 Å². The number of benzene rings is 1. The topological polar surface area (TPSA) is 43.1 Å². The van der Waals surface area contributed by atoms with Gasteiger partial charge in [0.25, 0.3) is 0 Å². The molecule has 1 aromatic carbocycles. The van der Waals surface area contributed by atoms with Crippen LogP contribution in [-0.2, 0) is 17.0 Å². The fraction of sp³-hybridized carbons (Fsp3) is 0.455. The summed E-state index contributed by atoms with van der Waals surface area (Å²) in [6.07, 6.45) is -3.77. The van der Waals surface area contributed by atoms with Crippen LogP contribution in [0.2, 0.25) is 0 Å². The molecule has 0 spiro atoms. The van der Waals surface area contributed by atoms with Crippen LogP contribution in [0.5, 0.6) is 0 Å². The minimum absolute atomic E-state index is 0.170. The molecular weight excluding hydrogens is 251 g/mol. The second-order valence-electron chi connectivity index (χ2n) is 3.71. The van der Waals surface area contributed by atoms with Crippen LogP contribution in [0, 0.1) is 0 Å². The number of rotatable bonds is 4. The minimum atomic E-state index is -4.41. The first-order valence-corrected chi connectivity index (χ1v) is 6.47. The number of hydrogen-bond acceptors (Lipinski definition) is 2. The van der Waals surface area contributed by atoms with Crippen molar-refractivity contribution in [1.82, 2.24) is 0 Å². The second kappa shape index (κ2) is 5.64. The molecule has 17 heavy (non-hydrogen) atoms. The lowest BCUT2D eigenvalue weighted by Crippen LogP contribution is -2.26. The zero-order chi connectivity index (χ0) is 13.1. The van der Waals surface area contributed by atoms with Crippen LogP contribution in [0.15, 0.2) is 29.2 Å². The Labute approximate surface area is 100 Å². The molecule has 0 heterocycles. The first-order valence-electron chi connectivity index (χ1n) is 5.15. The van der Waals surface area contributed by atoms with Crippen LogP contribution in [0.1, 0.15) is 18.9 Å². The summed E-state index contributed by atoms with van der Waals surface area (Å²) < 4.78 is 49.1. The lowest BCUT2D eigenvalue weighted by Gasteiger charge is -2.10. The van der Waals surface area contributed by atoms with Crippen molar-refractivity contribution in [3.05, 3.63) is 29.8 Å². The molecule has 2 unspecified atom stereocenters. The van der Waals surface area contributed by atoms with Crippen molar-refractivity contribution >= 4 is 10.8 Å². The lowest BCUT2D eigenvalue weighted by molar-refractivity contribution is -0.137. The Bertz CT molecular complexity index is 406. The van der Waals surface area contributed by atoms with Gasteiger partial charge in [0.2, 0.25) is 0 Å². The van der Waals surface area contributed by atoms with E-state index in [0.717, 1.165) is 12.1 Å². The summed E-state index contributed by atoms with van der Waals surface area (Å²) in [6.45, 7) is 1.84. The largest absolute Gasteiger partial charge is 0.416 e. The van der Waals surface area contributed by atoms with Crippen LogP contribution in [0.4, 0.5) is 13.2 Å². The molecule has 0 aliphatic rings. The zero-order valence-electron chi connectivity index (χ0n) is 9.33. The van der Waals surface area contributed by atoms with Crippen LogP contribution in [0.25, 0.3) is 0 Å². The molecule has 0 aromatic heterocycles. The molecule has 0 amide bonds. The van der Waals surface area contributed by atoms with Crippen LogP contribution in [-0.4, -0.2) is 16.0 Å². The molecule has 1 aromatic rings. The zero-order valence-corrected chi connectivity index (χ0v) is 10.1. The number of halogens is 3. The van der Waals surface area contributed by atoms with Gasteiger partial charge < -0.3 is 5.73 Å². The van der Waals surface area contributed by atoms with Gasteiger partial charge in [-0.1, -0.05) is 13.0 Å². The van der Waals surface area contributed by atoms with E-state index in [1.807, 2.05) is 6.92 Å². The first kappa shape index (κ1) is 14.2. The maximum atomic E-state index is 12.4. The van der Waals surface area contributed by atoms with E-state index >= 15 is 0 Å². The predicted molar refractivity (Wildman–Crippen MR) is 61.0 cm³/mol. The Morgan fingerprint density at radius 2 is 2.06 bits per heavy atom. The quantitative estimate of drug-likeness (QED) is 0.909. The van der Waals surface area contributed by atoms with Gasteiger partial charge in [0.05, 0.1) is 16.4 Å². The van der Waals surface area contributed by atoms with Crippen molar-refractivity contribution in [3.8, 4) is 0 Å². The van der Waals surface area contributed by atoms with E-state index < -0.39 is 22.5 Å². The smallest absolute Gasteiger partial charge is 0.327 e.